The van der Waals surface area contributed by atoms with E-state index in [0.717, 1.165) is 25.7 Å². The highest BCUT2D eigenvalue weighted by Gasteiger charge is 2.35. The lowest BCUT2D eigenvalue weighted by molar-refractivity contribution is 0.172. The lowest BCUT2D eigenvalue weighted by Crippen LogP contribution is -2.51. The average molecular weight is 253 g/mol. The smallest absolute Gasteiger partial charge is 0.317 e. The second-order valence-electron chi connectivity index (χ2n) is 4.87. The number of hydrogen-bond acceptors (Lipinski definition) is 3. The molecule has 0 radical (unpaired) electrons. The molecule has 1 aliphatic carbocycles. The number of nitriles is 1. The SMILES string of the molecule is CSC1(C#N)CCN(C(=O)NC2CCC2)CC1. The van der Waals surface area contributed by atoms with E-state index in [0.29, 0.717) is 19.1 Å². The predicted molar refractivity (Wildman–Crippen MR) is 68.8 cm³/mol. The molecule has 0 bridgehead atoms. The van der Waals surface area contributed by atoms with Crippen LogP contribution in [0.2, 0.25) is 0 Å². The fourth-order valence-corrected chi connectivity index (χ4v) is 2.93. The van der Waals surface area contributed by atoms with Crippen molar-refractivity contribution in [2.75, 3.05) is 19.3 Å². The standard InChI is InChI=1S/C12H19N3OS/c1-17-12(9-13)5-7-15(8-6-12)11(16)14-10-3-2-4-10/h10H,2-8H2,1H3,(H,14,16). The third-order valence-electron chi connectivity index (χ3n) is 3.89. The monoisotopic (exact) mass is 253 g/mol. The highest BCUT2D eigenvalue weighted by atomic mass is 32.2. The molecule has 0 spiro atoms. The summed E-state index contributed by atoms with van der Waals surface area (Å²) in [5.74, 6) is 0. The summed E-state index contributed by atoms with van der Waals surface area (Å²) >= 11 is 1.62. The second kappa shape index (κ2) is 5.18. The van der Waals surface area contributed by atoms with Crippen molar-refractivity contribution in [2.24, 2.45) is 0 Å². The first kappa shape index (κ1) is 12.6. The molecule has 0 atom stereocenters. The molecule has 1 saturated heterocycles. The van der Waals surface area contributed by atoms with Crippen molar-refractivity contribution in [3.63, 3.8) is 0 Å². The summed E-state index contributed by atoms with van der Waals surface area (Å²) in [5, 5.41) is 12.2. The number of carbonyl (C=O) groups excluding carboxylic acids is 1. The van der Waals surface area contributed by atoms with Gasteiger partial charge in [0.05, 0.1) is 6.07 Å². The molecule has 2 fully saturated rings. The Morgan fingerprint density at radius 1 is 1.47 bits per heavy atom. The molecule has 1 aliphatic heterocycles. The van der Waals surface area contributed by atoms with E-state index >= 15 is 0 Å². The van der Waals surface area contributed by atoms with Gasteiger partial charge in [0.1, 0.15) is 4.75 Å². The number of nitrogens with zero attached hydrogens (tertiary/aromatic N) is 2. The van der Waals surface area contributed by atoms with Crippen molar-refractivity contribution in [1.29, 1.82) is 5.26 Å². The average Bonchev–Trinajstić information content (AvgIpc) is 2.33. The molecule has 2 rings (SSSR count). The van der Waals surface area contributed by atoms with Gasteiger partial charge in [-0.3, -0.25) is 0 Å². The van der Waals surface area contributed by atoms with E-state index in [4.69, 9.17) is 5.26 Å². The fraction of sp³-hybridized carbons (Fsp3) is 0.833. The fourth-order valence-electron chi connectivity index (χ4n) is 2.25. The van der Waals surface area contributed by atoms with Crippen LogP contribution in [0, 0.1) is 11.3 Å². The minimum Gasteiger partial charge on any atom is -0.335 e. The zero-order chi connectivity index (χ0) is 12.3. The van der Waals surface area contributed by atoms with Gasteiger partial charge in [0.15, 0.2) is 0 Å². The van der Waals surface area contributed by atoms with E-state index < -0.39 is 0 Å². The van der Waals surface area contributed by atoms with Crippen LogP contribution in [0.5, 0.6) is 0 Å². The first-order valence-electron chi connectivity index (χ1n) is 6.21. The molecule has 2 amide bonds. The molecule has 0 aromatic heterocycles. The summed E-state index contributed by atoms with van der Waals surface area (Å²) in [4.78, 5) is 13.8. The maximum absolute atomic E-state index is 11.9. The number of amides is 2. The lowest BCUT2D eigenvalue weighted by atomic mass is 9.93. The number of thioether (sulfide) groups is 1. The normalized spacial score (nSPS) is 23.6. The van der Waals surface area contributed by atoms with E-state index in [9.17, 15) is 4.79 Å². The maximum atomic E-state index is 11.9. The number of hydrogen-bond donors (Lipinski definition) is 1. The molecule has 4 nitrogen and oxygen atoms in total. The summed E-state index contributed by atoms with van der Waals surface area (Å²) in [6.45, 7) is 1.40. The number of piperidine rings is 1. The molecule has 1 N–H and O–H groups in total. The van der Waals surface area contributed by atoms with E-state index in [-0.39, 0.29) is 10.8 Å². The summed E-state index contributed by atoms with van der Waals surface area (Å²) < 4.78 is -0.271. The largest absolute Gasteiger partial charge is 0.335 e. The zero-order valence-electron chi connectivity index (χ0n) is 10.2. The third kappa shape index (κ3) is 2.68. The molecule has 1 saturated carbocycles. The molecule has 94 valence electrons. The van der Waals surface area contributed by atoms with Gasteiger partial charge in [-0.25, -0.2) is 4.79 Å². The van der Waals surface area contributed by atoms with E-state index in [1.165, 1.54) is 6.42 Å². The minimum atomic E-state index is -0.271. The lowest BCUT2D eigenvalue weighted by Gasteiger charge is -2.37. The Kier molecular flexibility index (Phi) is 3.82. The first-order valence-corrected chi connectivity index (χ1v) is 7.43. The highest BCUT2D eigenvalue weighted by Crippen LogP contribution is 2.33. The number of likely N-dealkylation sites (tertiary alicyclic amines) is 1. The van der Waals surface area contributed by atoms with E-state index in [1.54, 1.807) is 11.8 Å². The molecule has 2 aliphatic rings. The third-order valence-corrected chi connectivity index (χ3v) is 5.17. The van der Waals surface area contributed by atoms with E-state index in [2.05, 4.69) is 11.4 Å². The molecular formula is C12H19N3OS. The van der Waals surface area contributed by atoms with Gasteiger partial charge in [0, 0.05) is 19.1 Å². The minimum absolute atomic E-state index is 0.0577. The Labute approximate surface area is 107 Å². The Hall–Kier alpha value is -0.890. The molecule has 0 aromatic rings. The van der Waals surface area contributed by atoms with Gasteiger partial charge in [-0.15, -0.1) is 11.8 Å². The number of urea groups is 1. The maximum Gasteiger partial charge on any atom is 0.317 e. The van der Waals surface area contributed by atoms with Gasteiger partial charge in [0.25, 0.3) is 0 Å². The van der Waals surface area contributed by atoms with Gasteiger partial charge < -0.3 is 10.2 Å². The summed E-state index contributed by atoms with van der Waals surface area (Å²) in [6, 6.07) is 2.85. The van der Waals surface area contributed by atoms with Gasteiger partial charge in [-0.05, 0) is 38.4 Å². The number of nitrogens with one attached hydrogen (secondary N) is 1. The van der Waals surface area contributed by atoms with Crippen molar-refractivity contribution in [3.8, 4) is 6.07 Å². The zero-order valence-corrected chi connectivity index (χ0v) is 11.1. The summed E-state index contributed by atoms with van der Waals surface area (Å²) in [5.41, 5.74) is 0. The topological polar surface area (TPSA) is 56.1 Å². The predicted octanol–water partition coefficient (Wildman–Crippen LogP) is 1.97. The summed E-state index contributed by atoms with van der Waals surface area (Å²) in [7, 11) is 0. The molecular weight excluding hydrogens is 234 g/mol. The molecule has 17 heavy (non-hydrogen) atoms. The first-order chi connectivity index (χ1) is 8.19. The Morgan fingerprint density at radius 3 is 2.53 bits per heavy atom. The Morgan fingerprint density at radius 2 is 2.12 bits per heavy atom. The molecule has 0 aromatic carbocycles. The molecule has 5 heteroatoms. The quantitative estimate of drug-likeness (QED) is 0.818. The second-order valence-corrected chi connectivity index (χ2v) is 6.06. The van der Waals surface area contributed by atoms with Crippen LogP contribution in [0.15, 0.2) is 0 Å². The van der Waals surface area contributed by atoms with Gasteiger partial charge in [-0.1, -0.05) is 0 Å². The van der Waals surface area contributed by atoms with Crippen LogP contribution in [-0.2, 0) is 0 Å². The highest BCUT2D eigenvalue weighted by molar-refractivity contribution is 8.00. The van der Waals surface area contributed by atoms with Crippen molar-refractivity contribution in [1.82, 2.24) is 10.2 Å². The van der Waals surface area contributed by atoms with Crippen LogP contribution in [0.3, 0.4) is 0 Å². The Balaban J connectivity index is 1.81. The number of carbonyl (C=O) groups is 1. The van der Waals surface area contributed by atoms with Crippen molar-refractivity contribution in [3.05, 3.63) is 0 Å². The van der Waals surface area contributed by atoms with Gasteiger partial charge >= 0.3 is 6.03 Å². The Bertz CT molecular complexity index is 327. The van der Waals surface area contributed by atoms with Crippen LogP contribution >= 0.6 is 11.8 Å². The van der Waals surface area contributed by atoms with Crippen LogP contribution in [0.25, 0.3) is 0 Å². The van der Waals surface area contributed by atoms with Crippen molar-refractivity contribution >= 4 is 17.8 Å². The van der Waals surface area contributed by atoms with Crippen LogP contribution < -0.4 is 5.32 Å². The van der Waals surface area contributed by atoms with E-state index in [1.807, 2.05) is 11.2 Å². The van der Waals surface area contributed by atoms with Gasteiger partial charge in [-0.2, -0.15) is 5.26 Å². The van der Waals surface area contributed by atoms with Crippen molar-refractivity contribution < 1.29 is 4.79 Å². The summed E-state index contributed by atoms with van der Waals surface area (Å²) in [6.07, 6.45) is 7.01. The van der Waals surface area contributed by atoms with Crippen molar-refractivity contribution in [2.45, 2.75) is 42.9 Å². The molecule has 1 heterocycles. The molecule has 0 unspecified atom stereocenters. The van der Waals surface area contributed by atoms with Gasteiger partial charge in [0.2, 0.25) is 0 Å². The van der Waals surface area contributed by atoms with Crippen LogP contribution in [0.1, 0.15) is 32.1 Å². The number of rotatable bonds is 2. The van der Waals surface area contributed by atoms with Crippen LogP contribution in [-0.4, -0.2) is 41.1 Å². The van der Waals surface area contributed by atoms with Crippen LogP contribution in [0.4, 0.5) is 4.79 Å².